The third-order valence-electron chi connectivity index (χ3n) is 3.14. The highest BCUT2D eigenvalue weighted by Crippen LogP contribution is 2.17. The first-order valence-electron chi connectivity index (χ1n) is 7.99. The van der Waals surface area contributed by atoms with E-state index in [4.69, 9.17) is 14.2 Å². The topological polar surface area (TPSA) is 73.9 Å². The van der Waals surface area contributed by atoms with Crippen molar-refractivity contribution >= 4 is 17.6 Å². The first kappa shape index (κ1) is 18.3. The van der Waals surface area contributed by atoms with Crippen LogP contribution < -0.4 is 14.8 Å². The van der Waals surface area contributed by atoms with Gasteiger partial charge in [0.1, 0.15) is 24.7 Å². The number of benzene rings is 2. The summed E-state index contributed by atoms with van der Waals surface area (Å²) in [6.45, 7) is 4.30. The molecule has 2 aromatic rings. The molecule has 1 amide bonds. The highest BCUT2D eigenvalue weighted by molar-refractivity contribution is 5.93. The molecule has 0 saturated heterocycles. The first-order valence-corrected chi connectivity index (χ1v) is 7.99. The summed E-state index contributed by atoms with van der Waals surface area (Å²) in [4.78, 5) is 23.0. The number of carbonyl (C=O) groups is 2. The Morgan fingerprint density at radius 1 is 0.960 bits per heavy atom. The molecule has 0 radical (unpaired) electrons. The van der Waals surface area contributed by atoms with Crippen LogP contribution in [0.3, 0.4) is 0 Å². The van der Waals surface area contributed by atoms with Crippen LogP contribution in [0.15, 0.2) is 48.5 Å². The average molecular weight is 343 g/mol. The molecular formula is C19H21NO5. The van der Waals surface area contributed by atoms with Crippen LogP contribution in [0.2, 0.25) is 0 Å². The van der Waals surface area contributed by atoms with Crippen LogP contribution in [0.25, 0.3) is 0 Å². The lowest BCUT2D eigenvalue weighted by atomic mass is 10.2. The SMILES string of the molecule is CCOc1ccc(OCCOC(=O)c2cccc(NC(C)=O)c2)cc1. The van der Waals surface area contributed by atoms with Gasteiger partial charge in [-0.3, -0.25) is 4.79 Å². The van der Waals surface area contributed by atoms with Gasteiger partial charge in [0.15, 0.2) is 0 Å². The Morgan fingerprint density at radius 3 is 2.28 bits per heavy atom. The molecule has 25 heavy (non-hydrogen) atoms. The monoisotopic (exact) mass is 343 g/mol. The molecule has 0 unspecified atom stereocenters. The fraction of sp³-hybridized carbons (Fsp3) is 0.263. The number of esters is 1. The maximum Gasteiger partial charge on any atom is 0.338 e. The lowest BCUT2D eigenvalue weighted by Gasteiger charge is -2.09. The molecule has 2 aromatic carbocycles. The van der Waals surface area contributed by atoms with E-state index in [-0.39, 0.29) is 19.1 Å². The Kier molecular flexibility index (Phi) is 6.83. The fourth-order valence-corrected chi connectivity index (χ4v) is 2.10. The summed E-state index contributed by atoms with van der Waals surface area (Å²) in [6, 6.07) is 13.8. The third kappa shape index (κ3) is 6.18. The minimum absolute atomic E-state index is 0.121. The van der Waals surface area contributed by atoms with Gasteiger partial charge in [0, 0.05) is 12.6 Å². The van der Waals surface area contributed by atoms with E-state index in [2.05, 4.69) is 5.32 Å². The summed E-state index contributed by atoms with van der Waals surface area (Å²) in [7, 11) is 0. The number of rotatable bonds is 8. The maximum absolute atomic E-state index is 12.0. The van der Waals surface area contributed by atoms with Crippen molar-refractivity contribution in [3.05, 3.63) is 54.1 Å². The van der Waals surface area contributed by atoms with Gasteiger partial charge in [0.2, 0.25) is 5.91 Å². The quantitative estimate of drug-likeness (QED) is 0.588. The summed E-state index contributed by atoms with van der Waals surface area (Å²) in [5.41, 5.74) is 0.917. The van der Waals surface area contributed by atoms with Crippen molar-refractivity contribution in [2.75, 3.05) is 25.1 Å². The Hall–Kier alpha value is -3.02. The van der Waals surface area contributed by atoms with Gasteiger partial charge in [-0.2, -0.15) is 0 Å². The number of amides is 1. The second kappa shape index (κ2) is 9.32. The van der Waals surface area contributed by atoms with Crippen molar-refractivity contribution in [1.82, 2.24) is 0 Å². The Bertz CT molecular complexity index is 712. The highest BCUT2D eigenvalue weighted by Gasteiger charge is 2.08. The second-order valence-corrected chi connectivity index (χ2v) is 5.15. The molecule has 132 valence electrons. The molecule has 0 atom stereocenters. The number of hydrogen-bond donors (Lipinski definition) is 1. The normalized spacial score (nSPS) is 10.0. The molecule has 0 fully saturated rings. The molecule has 0 heterocycles. The van der Waals surface area contributed by atoms with Gasteiger partial charge < -0.3 is 19.5 Å². The molecule has 0 aliphatic rings. The predicted molar refractivity (Wildman–Crippen MR) is 94.1 cm³/mol. The first-order chi connectivity index (χ1) is 12.1. The van der Waals surface area contributed by atoms with Crippen molar-refractivity contribution in [2.24, 2.45) is 0 Å². The molecule has 0 aliphatic carbocycles. The van der Waals surface area contributed by atoms with E-state index in [0.717, 1.165) is 5.75 Å². The van der Waals surface area contributed by atoms with Crippen molar-refractivity contribution in [2.45, 2.75) is 13.8 Å². The number of hydrogen-bond acceptors (Lipinski definition) is 5. The number of anilines is 1. The summed E-state index contributed by atoms with van der Waals surface area (Å²) in [5.74, 6) is 0.782. The summed E-state index contributed by atoms with van der Waals surface area (Å²) >= 11 is 0. The van der Waals surface area contributed by atoms with Crippen LogP contribution >= 0.6 is 0 Å². The smallest absolute Gasteiger partial charge is 0.338 e. The minimum atomic E-state index is -0.470. The fourth-order valence-electron chi connectivity index (χ4n) is 2.10. The molecule has 0 bridgehead atoms. The van der Waals surface area contributed by atoms with Crippen LogP contribution in [-0.4, -0.2) is 31.7 Å². The molecule has 2 rings (SSSR count). The molecule has 0 aliphatic heterocycles. The molecule has 6 heteroatoms. The van der Waals surface area contributed by atoms with Crippen LogP contribution in [-0.2, 0) is 9.53 Å². The Balaban J connectivity index is 1.77. The van der Waals surface area contributed by atoms with E-state index in [9.17, 15) is 9.59 Å². The number of nitrogens with one attached hydrogen (secondary N) is 1. The largest absolute Gasteiger partial charge is 0.494 e. The predicted octanol–water partition coefficient (Wildman–Crippen LogP) is 3.28. The maximum atomic E-state index is 12.0. The average Bonchev–Trinajstić information content (AvgIpc) is 2.60. The summed E-state index contributed by atoms with van der Waals surface area (Å²) in [6.07, 6.45) is 0. The summed E-state index contributed by atoms with van der Waals surface area (Å²) < 4.78 is 16.0. The van der Waals surface area contributed by atoms with Crippen LogP contribution in [0.1, 0.15) is 24.2 Å². The van der Waals surface area contributed by atoms with Gasteiger partial charge in [-0.05, 0) is 49.4 Å². The van der Waals surface area contributed by atoms with Gasteiger partial charge >= 0.3 is 5.97 Å². The van der Waals surface area contributed by atoms with Gasteiger partial charge in [0.25, 0.3) is 0 Å². The standard InChI is InChI=1S/C19H21NO5/c1-3-23-17-7-9-18(10-8-17)24-11-12-25-19(22)15-5-4-6-16(13-15)20-14(2)21/h4-10,13H,3,11-12H2,1-2H3,(H,20,21). The highest BCUT2D eigenvalue weighted by atomic mass is 16.6. The summed E-state index contributed by atoms with van der Waals surface area (Å²) in [5, 5.41) is 2.62. The van der Waals surface area contributed by atoms with E-state index >= 15 is 0 Å². The zero-order chi connectivity index (χ0) is 18.1. The van der Waals surface area contributed by atoms with E-state index in [1.54, 1.807) is 36.4 Å². The minimum Gasteiger partial charge on any atom is -0.494 e. The molecule has 0 saturated carbocycles. The number of ether oxygens (including phenoxy) is 3. The van der Waals surface area contributed by atoms with Crippen LogP contribution in [0.4, 0.5) is 5.69 Å². The van der Waals surface area contributed by atoms with Crippen molar-refractivity contribution in [3.63, 3.8) is 0 Å². The lowest BCUT2D eigenvalue weighted by Crippen LogP contribution is -2.13. The molecule has 0 spiro atoms. The van der Waals surface area contributed by atoms with Crippen molar-refractivity contribution in [1.29, 1.82) is 0 Å². The second-order valence-electron chi connectivity index (χ2n) is 5.15. The van der Waals surface area contributed by atoms with Crippen molar-refractivity contribution in [3.8, 4) is 11.5 Å². The van der Waals surface area contributed by atoms with E-state index in [0.29, 0.717) is 23.6 Å². The van der Waals surface area contributed by atoms with E-state index < -0.39 is 5.97 Å². The van der Waals surface area contributed by atoms with E-state index in [1.165, 1.54) is 6.92 Å². The Labute approximate surface area is 146 Å². The molecular weight excluding hydrogens is 322 g/mol. The third-order valence-corrected chi connectivity index (χ3v) is 3.14. The van der Waals surface area contributed by atoms with Gasteiger partial charge in [0.05, 0.1) is 12.2 Å². The van der Waals surface area contributed by atoms with Gasteiger partial charge in [-0.25, -0.2) is 4.79 Å². The van der Waals surface area contributed by atoms with Gasteiger partial charge in [-0.1, -0.05) is 6.07 Å². The lowest BCUT2D eigenvalue weighted by molar-refractivity contribution is -0.114. The number of carbonyl (C=O) groups excluding carboxylic acids is 2. The molecule has 6 nitrogen and oxygen atoms in total. The van der Waals surface area contributed by atoms with Crippen LogP contribution in [0.5, 0.6) is 11.5 Å². The van der Waals surface area contributed by atoms with E-state index in [1.807, 2.05) is 19.1 Å². The zero-order valence-electron chi connectivity index (χ0n) is 14.3. The molecule has 0 aromatic heterocycles. The van der Waals surface area contributed by atoms with Crippen LogP contribution in [0, 0.1) is 0 Å². The molecule has 1 N–H and O–H groups in total. The zero-order valence-corrected chi connectivity index (χ0v) is 14.3. The van der Waals surface area contributed by atoms with Gasteiger partial charge in [-0.15, -0.1) is 0 Å². The van der Waals surface area contributed by atoms with Crippen molar-refractivity contribution < 1.29 is 23.8 Å². The Morgan fingerprint density at radius 2 is 1.64 bits per heavy atom.